The van der Waals surface area contributed by atoms with E-state index in [0.29, 0.717) is 19.3 Å². The Morgan fingerprint density at radius 1 is 1.38 bits per heavy atom. The van der Waals surface area contributed by atoms with Crippen molar-refractivity contribution in [2.75, 3.05) is 0 Å². The largest absolute Gasteiger partial charge is 0.368 e. The van der Waals surface area contributed by atoms with Gasteiger partial charge in [-0.15, -0.1) is 0 Å². The monoisotopic (exact) mass is 401 g/mol. The molecule has 1 aliphatic rings. The molecule has 0 saturated carbocycles. The zero-order valence-corrected chi connectivity index (χ0v) is 13.4. The average molecular weight is 401 g/mol. The Kier molecular flexibility index (Phi) is 5.16. The summed E-state index contributed by atoms with van der Waals surface area (Å²) in [5.74, 6) is -1.11. The third kappa shape index (κ3) is 4.42. The maximum absolute atomic E-state index is 12.0. The van der Waals surface area contributed by atoms with E-state index < -0.39 is 18.0 Å². The molecule has 1 aromatic rings. The number of carbonyl (C=O) groups is 3. The molecule has 1 fully saturated rings. The van der Waals surface area contributed by atoms with Crippen LogP contribution in [0.15, 0.2) is 24.3 Å². The molecule has 1 saturated heterocycles. The topological polar surface area (TPSA) is 101 Å². The van der Waals surface area contributed by atoms with E-state index >= 15 is 0 Å². The van der Waals surface area contributed by atoms with Crippen LogP contribution in [-0.2, 0) is 20.8 Å². The first-order valence-corrected chi connectivity index (χ1v) is 7.67. The highest BCUT2D eigenvalue weighted by Crippen LogP contribution is 2.10. The summed E-state index contributed by atoms with van der Waals surface area (Å²) in [6, 6.07) is 6.27. The van der Waals surface area contributed by atoms with Gasteiger partial charge >= 0.3 is 0 Å². The van der Waals surface area contributed by atoms with Crippen LogP contribution in [0, 0.1) is 3.57 Å². The first-order chi connectivity index (χ1) is 9.95. The highest BCUT2D eigenvalue weighted by Gasteiger charge is 2.29. The van der Waals surface area contributed by atoms with Crippen LogP contribution in [0.5, 0.6) is 0 Å². The number of nitrogens with two attached hydrogens (primary N) is 1. The lowest BCUT2D eigenvalue weighted by molar-refractivity contribution is -0.129. The normalized spacial score (nSPS) is 18.9. The van der Waals surface area contributed by atoms with Crippen molar-refractivity contribution in [3.8, 4) is 0 Å². The third-order valence-corrected chi connectivity index (χ3v) is 4.04. The van der Waals surface area contributed by atoms with Gasteiger partial charge in [-0.25, -0.2) is 0 Å². The third-order valence-electron chi connectivity index (χ3n) is 3.32. The predicted molar refractivity (Wildman–Crippen MR) is 85.2 cm³/mol. The van der Waals surface area contributed by atoms with Crippen LogP contribution in [0.25, 0.3) is 0 Å². The molecular formula is C14H16IN3O3. The molecule has 7 heteroatoms. The summed E-state index contributed by atoms with van der Waals surface area (Å²) < 4.78 is 1.09. The Hall–Kier alpha value is -1.64. The van der Waals surface area contributed by atoms with Gasteiger partial charge in [-0.2, -0.15) is 0 Å². The van der Waals surface area contributed by atoms with Crippen molar-refractivity contribution in [2.45, 2.75) is 31.3 Å². The molecule has 1 aliphatic heterocycles. The van der Waals surface area contributed by atoms with Crippen molar-refractivity contribution in [3.05, 3.63) is 33.4 Å². The van der Waals surface area contributed by atoms with Crippen molar-refractivity contribution in [1.82, 2.24) is 10.6 Å². The molecule has 0 aromatic heterocycles. The summed E-state index contributed by atoms with van der Waals surface area (Å²) in [4.78, 5) is 34.6. The lowest BCUT2D eigenvalue weighted by Crippen LogP contribution is -2.51. The van der Waals surface area contributed by atoms with Crippen molar-refractivity contribution >= 4 is 40.3 Å². The second kappa shape index (κ2) is 6.88. The molecule has 112 valence electrons. The summed E-state index contributed by atoms with van der Waals surface area (Å²) in [6.45, 7) is 0. The summed E-state index contributed by atoms with van der Waals surface area (Å²) >= 11 is 2.19. The van der Waals surface area contributed by atoms with Crippen molar-refractivity contribution in [2.24, 2.45) is 5.73 Å². The van der Waals surface area contributed by atoms with Crippen LogP contribution in [0.2, 0.25) is 0 Å². The molecule has 2 atom stereocenters. The molecular weight excluding hydrogens is 385 g/mol. The minimum Gasteiger partial charge on any atom is -0.368 e. The van der Waals surface area contributed by atoms with Gasteiger partial charge in [0.15, 0.2) is 0 Å². The molecule has 0 aliphatic carbocycles. The highest BCUT2D eigenvalue weighted by atomic mass is 127. The van der Waals surface area contributed by atoms with E-state index in [4.69, 9.17) is 5.73 Å². The molecule has 21 heavy (non-hydrogen) atoms. The van der Waals surface area contributed by atoms with Crippen LogP contribution in [-0.4, -0.2) is 29.8 Å². The van der Waals surface area contributed by atoms with E-state index in [-0.39, 0.29) is 11.8 Å². The maximum atomic E-state index is 12.0. The van der Waals surface area contributed by atoms with Crippen molar-refractivity contribution in [1.29, 1.82) is 0 Å². The van der Waals surface area contributed by atoms with E-state index in [1.54, 1.807) is 0 Å². The molecule has 6 nitrogen and oxygen atoms in total. The zero-order valence-electron chi connectivity index (χ0n) is 11.3. The Morgan fingerprint density at radius 2 is 2.05 bits per heavy atom. The molecule has 1 aromatic carbocycles. The number of nitrogens with one attached hydrogen (secondary N) is 2. The fourth-order valence-corrected chi connectivity index (χ4v) is 2.52. The Balaban J connectivity index is 1.99. The molecule has 0 bridgehead atoms. The van der Waals surface area contributed by atoms with Gasteiger partial charge in [0.05, 0.1) is 0 Å². The summed E-state index contributed by atoms with van der Waals surface area (Å²) in [5.41, 5.74) is 6.26. The van der Waals surface area contributed by atoms with Gasteiger partial charge in [0.1, 0.15) is 12.1 Å². The summed E-state index contributed by atoms with van der Waals surface area (Å²) in [7, 11) is 0. The van der Waals surface area contributed by atoms with Gasteiger partial charge in [0.25, 0.3) is 0 Å². The standard InChI is InChI=1S/C14H16IN3O3/c15-9-3-1-8(2-4-9)7-11(13(16)20)18-14(21)10-5-6-12(19)17-10/h1-4,10-11H,5-7H2,(H2,16,20)(H,17,19)(H,18,21)/t10-,11-/m1/s1. The second-order valence-corrected chi connectivity index (χ2v) is 6.20. The number of hydrogen-bond donors (Lipinski definition) is 3. The van der Waals surface area contributed by atoms with Crippen LogP contribution in [0.1, 0.15) is 18.4 Å². The minimum absolute atomic E-state index is 0.150. The number of rotatable bonds is 5. The van der Waals surface area contributed by atoms with Crippen LogP contribution >= 0.6 is 22.6 Å². The minimum atomic E-state index is -0.782. The van der Waals surface area contributed by atoms with E-state index in [0.717, 1.165) is 9.13 Å². The molecule has 0 radical (unpaired) electrons. The fourth-order valence-electron chi connectivity index (χ4n) is 2.16. The SMILES string of the molecule is NC(=O)[C@@H](Cc1ccc(I)cc1)NC(=O)[C@H]1CCC(=O)N1. The number of halogens is 1. The quantitative estimate of drug-likeness (QED) is 0.610. The molecule has 0 unspecified atom stereocenters. The smallest absolute Gasteiger partial charge is 0.243 e. The Labute approximate surface area is 136 Å². The van der Waals surface area contributed by atoms with Gasteiger partial charge in [-0.05, 0) is 46.7 Å². The number of hydrogen-bond acceptors (Lipinski definition) is 3. The molecule has 4 N–H and O–H groups in total. The summed E-state index contributed by atoms with van der Waals surface area (Å²) in [6.07, 6.45) is 1.11. The lowest BCUT2D eigenvalue weighted by Gasteiger charge is -2.18. The Bertz CT molecular complexity index is 559. The average Bonchev–Trinajstić information content (AvgIpc) is 2.87. The number of benzene rings is 1. The van der Waals surface area contributed by atoms with Crippen LogP contribution in [0.4, 0.5) is 0 Å². The van der Waals surface area contributed by atoms with E-state index in [1.807, 2.05) is 24.3 Å². The zero-order chi connectivity index (χ0) is 15.4. The molecule has 1 heterocycles. The van der Waals surface area contributed by atoms with Gasteiger partial charge in [-0.3, -0.25) is 14.4 Å². The van der Waals surface area contributed by atoms with Gasteiger partial charge in [0, 0.05) is 16.4 Å². The molecule has 2 rings (SSSR count). The second-order valence-electron chi connectivity index (χ2n) is 4.95. The predicted octanol–water partition coefficient (Wildman–Crippen LogP) is 0.0824. The van der Waals surface area contributed by atoms with Crippen LogP contribution in [0.3, 0.4) is 0 Å². The molecule has 0 spiro atoms. The van der Waals surface area contributed by atoms with Crippen molar-refractivity contribution < 1.29 is 14.4 Å². The molecule has 3 amide bonds. The van der Waals surface area contributed by atoms with E-state index in [2.05, 4.69) is 33.2 Å². The first kappa shape index (κ1) is 15.7. The van der Waals surface area contributed by atoms with E-state index in [1.165, 1.54) is 0 Å². The van der Waals surface area contributed by atoms with Gasteiger partial charge in [-0.1, -0.05) is 12.1 Å². The maximum Gasteiger partial charge on any atom is 0.243 e. The Morgan fingerprint density at radius 3 is 2.57 bits per heavy atom. The number of amides is 3. The van der Waals surface area contributed by atoms with Gasteiger partial charge < -0.3 is 16.4 Å². The van der Waals surface area contributed by atoms with Crippen LogP contribution < -0.4 is 16.4 Å². The fraction of sp³-hybridized carbons (Fsp3) is 0.357. The van der Waals surface area contributed by atoms with Crippen molar-refractivity contribution in [3.63, 3.8) is 0 Å². The first-order valence-electron chi connectivity index (χ1n) is 6.59. The van der Waals surface area contributed by atoms with E-state index in [9.17, 15) is 14.4 Å². The number of carbonyl (C=O) groups excluding carboxylic acids is 3. The van der Waals surface area contributed by atoms with Gasteiger partial charge in [0.2, 0.25) is 17.7 Å². The number of primary amides is 1. The lowest BCUT2D eigenvalue weighted by atomic mass is 10.0. The summed E-state index contributed by atoms with van der Waals surface area (Å²) in [5, 5.41) is 5.18. The highest BCUT2D eigenvalue weighted by molar-refractivity contribution is 14.1.